The van der Waals surface area contributed by atoms with E-state index in [1.807, 2.05) is 0 Å². The van der Waals surface area contributed by atoms with Crippen molar-refractivity contribution in [2.24, 2.45) is 0 Å². The number of rotatable bonds is 5. The third kappa shape index (κ3) is 2.72. The maximum atomic E-state index is 3.63. The molecule has 0 aliphatic rings. The number of aromatic amines is 1. The fourth-order valence-electron chi connectivity index (χ4n) is 2.22. The average Bonchev–Trinajstić information content (AvgIpc) is 2.67. The molecule has 0 radical (unpaired) electrons. The van der Waals surface area contributed by atoms with Gasteiger partial charge in [-0.05, 0) is 47.1 Å². The molecule has 0 saturated heterocycles. The van der Waals surface area contributed by atoms with E-state index in [2.05, 4.69) is 63.9 Å². The fourth-order valence-corrected chi connectivity index (χ4v) is 2.85. The summed E-state index contributed by atoms with van der Waals surface area (Å²) in [4.78, 5) is 5.84. The molecule has 1 N–H and O–H groups in total. The Morgan fingerprint density at radius 1 is 1.18 bits per heavy atom. The highest BCUT2D eigenvalue weighted by molar-refractivity contribution is 9.10. The maximum absolute atomic E-state index is 3.63. The van der Waals surface area contributed by atoms with Gasteiger partial charge in [-0.1, -0.05) is 32.0 Å². The Morgan fingerprint density at radius 3 is 2.59 bits per heavy atom. The highest BCUT2D eigenvalue weighted by Crippen LogP contribution is 2.26. The largest absolute Gasteiger partial charge is 0.349 e. The van der Waals surface area contributed by atoms with Gasteiger partial charge >= 0.3 is 0 Å². The molecule has 2 rings (SSSR count). The van der Waals surface area contributed by atoms with Crippen LogP contribution in [0.5, 0.6) is 0 Å². The second-order valence-electron chi connectivity index (χ2n) is 4.24. The van der Waals surface area contributed by atoms with Gasteiger partial charge in [0.1, 0.15) is 0 Å². The molecule has 0 amide bonds. The topological polar surface area (TPSA) is 19.0 Å². The summed E-state index contributed by atoms with van der Waals surface area (Å²) in [6.45, 7) is 7.79. The van der Waals surface area contributed by atoms with Crippen LogP contribution in [0.2, 0.25) is 0 Å². The lowest BCUT2D eigenvalue weighted by atomic mass is 10.1. The first-order chi connectivity index (χ1) is 8.26. The standard InChI is InChI=1S/C14H19BrN2/c1-3-17(4-2)10-9-12-11-7-5-6-8-13(11)16-14(12)15/h5-8,16H,3-4,9-10H2,1-2H3. The predicted molar refractivity (Wildman–Crippen MR) is 77.5 cm³/mol. The second kappa shape index (κ2) is 5.69. The lowest BCUT2D eigenvalue weighted by Gasteiger charge is -2.17. The predicted octanol–water partition coefficient (Wildman–Crippen LogP) is 3.81. The van der Waals surface area contributed by atoms with Gasteiger partial charge in [0.15, 0.2) is 0 Å². The van der Waals surface area contributed by atoms with E-state index in [0.29, 0.717) is 0 Å². The number of para-hydroxylation sites is 1. The van der Waals surface area contributed by atoms with E-state index in [1.165, 1.54) is 16.5 Å². The Morgan fingerprint density at radius 2 is 1.88 bits per heavy atom. The van der Waals surface area contributed by atoms with Crippen LogP contribution in [0.15, 0.2) is 28.9 Å². The Labute approximate surface area is 111 Å². The molecule has 0 saturated carbocycles. The van der Waals surface area contributed by atoms with Crippen molar-refractivity contribution in [3.05, 3.63) is 34.4 Å². The molecule has 0 atom stereocenters. The number of hydrogen-bond acceptors (Lipinski definition) is 1. The van der Waals surface area contributed by atoms with Crippen LogP contribution in [0, 0.1) is 0 Å². The first-order valence-electron chi connectivity index (χ1n) is 6.23. The molecule has 0 fully saturated rings. The fraction of sp³-hybridized carbons (Fsp3) is 0.429. The van der Waals surface area contributed by atoms with E-state index >= 15 is 0 Å². The maximum Gasteiger partial charge on any atom is 0.0863 e. The highest BCUT2D eigenvalue weighted by atomic mass is 79.9. The van der Waals surface area contributed by atoms with Gasteiger partial charge in [-0.15, -0.1) is 0 Å². The highest BCUT2D eigenvalue weighted by Gasteiger charge is 2.09. The molecule has 2 nitrogen and oxygen atoms in total. The minimum atomic E-state index is 1.09. The monoisotopic (exact) mass is 294 g/mol. The van der Waals surface area contributed by atoms with Crippen molar-refractivity contribution in [3.63, 3.8) is 0 Å². The first-order valence-corrected chi connectivity index (χ1v) is 7.03. The minimum absolute atomic E-state index is 1.09. The number of fused-ring (bicyclic) bond motifs is 1. The van der Waals surface area contributed by atoms with E-state index in [0.717, 1.165) is 30.7 Å². The Bertz CT molecular complexity index is 486. The van der Waals surface area contributed by atoms with Crippen LogP contribution in [0.4, 0.5) is 0 Å². The van der Waals surface area contributed by atoms with Gasteiger partial charge in [-0.25, -0.2) is 0 Å². The number of benzene rings is 1. The van der Waals surface area contributed by atoms with E-state index in [-0.39, 0.29) is 0 Å². The van der Waals surface area contributed by atoms with Gasteiger partial charge in [0.05, 0.1) is 4.60 Å². The van der Waals surface area contributed by atoms with E-state index in [9.17, 15) is 0 Å². The van der Waals surface area contributed by atoms with Crippen LogP contribution >= 0.6 is 15.9 Å². The summed E-state index contributed by atoms with van der Waals surface area (Å²) in [6, 6.07) is 8.48. The van der Waals surface area contributed by atoms with Crippen molar-refractivity contribution >= 4 is 26.8 Å². The van der Waals surface area contributed by atoms with Gasteiger partial charge < -0.3 is 9.88 Å². The van der Waals surface area contributed by atoms with Crippen LogP contribution in [0.25, 0.3) is 10.9 Å². The summed E-state index contributed by atoms with van der Waals surface area (Å²) < 4.78 is 1.13. The van der Waals surface area contributed by atoms with Gasteiger partial charge in [0.2, 0.25) is 0 Å². The van der Waals surface area contributed by atoms with Gasteiger partial charge in [-0.3, -0.25) is 0 Å². The van der Waals surface area contributed by atoms with Crippen LogP contribution in [0.3, 0.4) is 0 Å². The molecular weight excluding hydrogens is 276 g/mol. The third-order valence-corrected chi connectivity index (χ3v) is 4.01. The van der Waals surface area contributed by atoms with Crippen molar-refractivity contribution in [2.45, 2.75) is 20.3 Å². The molecule has 2 aromatic rings. The molecule has 92 valence electrons. The summed E-state index contributed by atoms with van der Waals surface area (Å²) in [5, 5.41) is 1.34. The zero-order valence-electron chi connectivity index (χ0n) is 10.5. The molecule has 3 heteroatoms. The summed E-state index contributed by atoms with van der Waals surface area (Å²) in [7, 11) is 0. The number of H-pyrrole nitrogens is 1. The zero-order valence-corrected chi connectivity index (χ0v) is 12.0. The van der Waals surface area contributed by atoms with Gasteiger partial charge in [-0.2, -0.15) is 0 Å². The Kier molecular flexibility index (Phi) is 4.24. The molecule has 1 aromatic heterocycles. The van der Waals surface area contributed by atoms with Crippen LogP contribution in [-0.2, 0) is 6.42 Å². The molecule has 0 spiro atoms. The van der Waals surface area contributed by atoms with Gasteiger partial charge in [0, 0.05) is 17.4 Å². The number of hydrogen-bond donors (Lipinski definition) is 1. The molecule has 0 unspecified atom stereocenters. The lowest BCUT2D eigenvalue weighted by molar-refractivity contribution is 0.308. The van der Waals surface area contributed by atoms with Crippen molar-refractivity contribution < 1.29 is 0 Å². The molecule has 0 aliphatic heterocycles. The molecule has 0 bridgehead atoms. The number of nitrogens with one attached hydrogen (secondary N) is 1. The summed E-state index contributed by atoms with van der Waals surface area (Å²) in [5.41, 5.74) is 2.61. The van der Waals surface area contributed by atoms with Crippen LogP contribution in [-0.4, -0.2) is 29.5 Å². The average molecular weight is 295 g/mol. The number of aromatic nitrogens is 1. The molecule has 17 heavy (non-hydrogen) atoms. The minimum Gasteiger partial charge on any atom is -0.349 e. The zero-order chi connectivity index (χ0) is 12.3. The van der Waals surface area contributed by atoms with Crippen molar-refractivity contribution in [1.82, 2.24) is 9.88 Å². The number of nitrogens with zero attached hydrogens (tertiary/aromatic N) is 1. The van der Waals surface area contributed by atoms with Crippen LogP contribution < -0.4 is 0 Å². The smallest absolute Gasteiger partial charge is 0.0863 e. The van der Waals surface area contributed by atoms with E-state index < -0.39 is 0 Å². The van der Waals surface area contributed by atoms with Gasteiger partial charge in [0.25, 0.3) is 0 Å². The lowest BCUT2D eigenvalue weighted by Crippen LogP contribution is -2.25. The molecule has 1 heterocycles. The normalized spacial score (nSPS) is 11.5. The summed E-state index contributed by atoms with van der Waals surface area (Å²) in [6.07, 6.45) is 1.09. The second-order valence-corrected chi connectivity index (χ2v) is 5.03. The van der Waals surface area contributed by atoms with Crippen molar-refractivity contribution in [1.29, 1.82) is 0 Å². The number of likely N-dealkylation sites (N-methyl/N-ethyl adjacent to an activating group) is 1. The summed E-state index contributed by atoms with van der Waals surface area (Å²) >= 11 is 3.63. The van der Waals surface area contributed by atoms with E-state index in [1.54, 1.807) is 0 Å². The Balaban J connectivity index is 2.20. The quantitative estimate of drug-likeness (QED) is 0.888. The summed E-state index contributed by atoms with van der Waals surface area (Å²) in [5.74, 6) is 0. The molecule has 1 aromatic carbocycles. The molecular formula is C14H19BrN2. The van der Waals surface area contributed by atoms with Crippen molar-refractivity contribution in [2.75, 3.05) is 19.6 Å². The van der Waals surface area contributed by atoms with E-state index in [4.69, 9.17) is 0 Å². The number of halogens is 1. The first kappa shape index (κ1) is 12.7. The Hall–Kier alpha value is -0.800. The third-order valence-electron chi connectivity index (χ3n) is 3.33. The van der Waals surface area contributed by atoms with Crippen LogP contribution in [0.1, 0.15) is 19.4 Å². The molecule has 0 aliphatic carbocycles. The SMILES string of the molecule is CCN(CC)CCc1c(Br)[nH]c2ccccc12. The van der Waals surface area contributed by atoms with Crippen molar-refractivity contribution in [3.8, 4) is 0 Å².